The van der Waals surface area contributed by atoms with Gasteiger partial charge < -0.3 is 5.32 Å². The number of aromatic nitrogens is 2. The molecule has 5 atom stereocenters. The predicted molar refractivity (Wildman–Crippen MR) is 128 cm³/mol. The lowest BCUT2D eigenvalue weighted by molar-refractivity contribution is -0.116. The van der Waals surface area contributed by atoms with Crippen LogP contribution in [-0.2, 0) is 11.3 Å². The van der Waals surface area contributed by atoms with Gasteiger partial charge in [0.15, 0.2) is 0 Å². The molecule has 5 nitrogen and oxygen atoms in total. The van der Waals surface area contributed by atoms with Gasteiger partial charge in [-0.2, -0.15) is 0 Å². The molecule has 32 heavy (non-hydrogen) atoms. The van der Waals surface area contributed by atoms with E-state index in [2.05, 4.69) is 16.4 Å². The molecule has 2 aliphatic carbocycles. The molecule has 164 valence electrons. The van der Waals surface area contributed by atoms with E-state index < -0.39 is 0 Å². The highest BCUT2D eigenvalue weighted by atomic mass is 32.2. The monoisotopic (exact) mass is 463 g/mol. The van der Waals surface area contributed by atoms with Crippen LogP contribution in [0.3, 0.4) is 0 Å². The maximum Gasteiger partial charge on any atom is 0.308 e. The van der Waals surface area contributed by atoms with Crippen molar-refractivity contribution in [3.8, 4) is 0 Å². The Balaban J connectivity index is 1.36. The van der Waals surface area contributed by atoms with Gasteiger partial charge >= 0.3 is 4.87 Å². The van der Waals surface area contributed by atoms with Crippen LogP contribution in [0.25, 0.3) is 0 Å². The molecular weight excluding hydrogens is 438 g/mol. The summed E-state index contributed by atoms with van der Waals surface area (Å²) >= 11 is 3.19. The Hall–Kier alpha value is -2.38. The molecule has 1 aromatic carbocycles. The summed E-state index contributed by atoms with van der Waals surface area (Å²) in [6.45, 7) is 2.05. The molecule has 3 heterocycles. The Morgan fingerprint density at radius 1 is 1.22 bits per heavy atom. The zero-order valence-electron chi connectivity index (χ0n) is 17.9. The van der Waals surface area contributed by atoms with Gasteiger partial charge in [-0.1, -0.05) is 29.5 Å². The van der Waals surface area contributed by atoms with Crippen molar-refractivity contribution in [1.82, 2.24) is 9.55 Å². The number of rotatable bonds is 4. The number of hydrogen-bond donors (Lipinski definition) is 1. The lowest BCUT2D eigenvalue weighted by Crippen LogP contribution is -2.34. The average molecular weight is 464 g/mol. The fourth-order valence-corrected chi connectivity index (χ4v) is 9.24. The first-order chi connectivity index (χ1) is 15.6. The summed E-state index contributed by atoms with van der Waals surface area (Å²) in [6, 6.07) is 11.9. The van der Waals surface area contributed by atoms with E-state index in [9.17, 15) is 9.59 Å². The van der Waals surface area contributed by atoms with Gasteiger partial charge in [0, 0.05) is 34.1 Å². The second-order valence-electron chi connectivity index (χ2n) is 9.30. The highest BCUT2D eigenvalue weighted by Crippen LogP contribution is 2.63. The number of carbonyl (C=O) groups excluding carboxylic acids is 1. The lowest BCUT2D eigenvalue weighted by atomic mass is 9.75. The summed E-state index contributed by atoms with van der Waals surface area (Å²) in [5.41, 5.74) is 3.06. The Labute approximate surface area is 195 Å². The normalized spacial score (nSPS) is 27.7. The Kier molecular flexibility index (Phi) is 4.99. The van der Waals surface area contributed by atoms with Gasteiger partial charge in [-0.25, -0.2) is 0 Å². The summed E-state index contributed by atoms with van der Waals surface area (Å²) in [7, 11) is 0. The van der Waals surface area contributed by atoms with Gasteiger partial charge in [-0.05, 0) is 73.3 Å². The van der Waals surface area contributed by atoms with Crippen LogP contribution in [0.2, 0.25) is 0 Å². The number of aryl methyl sites for hydroxylation is 1. The number of hydrogen-bond acceptors (Lipinski definition) is 5. The number of anilines is 1. The minimum Gasteiger partial charge on any atom is -0.325 e. The number of amides is 1. The largest absolute Gasteiger partial charge is 0.325 e. The first-order valence-corrected chi connectivity index (χ1v) is 12.9. The molecule has 6 rings (SSSR count). The van der Waals surface area contributed by atoms with E-state index in [0.29, 0.717) is 17.1 Å². The SMILES string of the molecule is Cc1cccc(NC(=O)Cn2c3c(sc2=O)[C@@H](c2cccnc2)[C@@H]2[C@H]4CC[C@@H](C4)[C@H]2S3)c1. The molecule has 2 aromatic heterocycles. The number of carbonyl (C=O) groups is 1. The van der Waals surface area contributed by atoms with E-state index in [1.54, 1.807) is 4.57 Å². The molecule has 1 aliphatic heterocycles. The van der Waals surface area contributed by atoms with Crippen LogP contribution in [0, 0.1) is 24.7 Å². The third-order valence-electron chi connectivity index (χ3n) is 7.34. The van der Waals surface area contributed by atoms with Crippen LogP contribution in [0.5, 0.6) is 0 Å². The number of nitrogens with one attached hydrogen (secondary N) is 1. The second kappa shape index (κ2) is 7.89. The molecule has 0 spiro atoms. The van der Waals surface area contributed by atoms with Crippen molar-refractivity contribution < 1.29 is 4.79 Å². The van der Waals surface area contributed by atoms with Gasteiger partial charge in [0.2, 0.25) is 5.91 Å². The summed E-state index contributed by atoms with van der Waals surface area (Å²) in [5.74, 6) is 2.05. The summed E-state index contributed by atoms with van der Waals surface area (Å²) in [6.07, 6.45) is 7.66. The molecule has 3 aliphatic rings. The highest BCUT2D eigenvalue weighted by Gasteiger charge is 2.55. The number of thiazole rings is 1. The lowest BCUT2D eigenvalue weighted by Gasteiger charge is -2.40. The maximum atomic E-state index is 13.1. The number of nitrogens with zero attached hydrogens (tertiary/aromatic N) is 2. The first-order valence-electron chi connectivity index (χ1n) is 11.2. The number of pyridine rings is 1. The topological polar surface area (TPSA) is 64.0 Å². The summed E-state index contributed by atoms with van der Waals surface area (Å²) < 4.78 is 1.71. The Morgan fingerprint density at radius 3 is 2.91 bits per heavy atom. The number of fused-ring (bicyclic) bond motifs is 6. The smallest absolute Gasteiger partial charge is 0.308 e. The molecule has 2 fully saturated rings. The maximum absolute atomic E-state index is 13.1. The van der Waals surface area contributed by atoms with Crippen LogP contribution in [0.4, 0.5) is 5.69 Å². The number of benzene rings is 1. The quantitative estimate of drug-likeness (QED) is 0.598. The van der Waals surface area contributed by atoms with Crippen molar-refractivity contribution in [2.24, 2.45) is 17.8 Å². The molecule has 0 unspecified atom stereocenters. The molecule has 3 aromatic rings. The molecule has 2 saturated carbocycles. The average Bonchev–Trinajstić information content (AvgIpc) is 3.47. The van der Waals surface area contributed by atoms with Crippen molar-refractivity contribution in [2.45, 2.75) is 48.9 Å². The minimum absolute atomic E-state index is 0.0388. The van der Waals surface area contributed by atoms with Crippen LogP contribution in [-0.4, -0.2) is 20.7 Å². The van der Waals surface area contributed by atoms with Crippen molar-refractivity contribution in [2.75, 3.05) is 5.32 Å². The summed E-state index contributed by atoms with van der Waals surface area (Å²) in [5, 5.41) is 4.48. The molecule has 0 radical (unpaired) electrons. The highest BCUT2D eigenvalue weighted by molar-refractivity contribution is 8.00. The van der Waals surface area contributed by atoms with Gasteiger partial charge in [0.05, 0.1) is 5.03 Å². The number of thioether (sulfide) groups is 1. The fraction of sp³-hybridized carbons (Fsp3) is 0.400. The third kappa shape index (κ3) is 3.33. The van der Waals surface area contributed by atoms with Crippen LogP contribution >= 0.6 is 23.1 Å². The van der Waals surface area contributed by atoms with E-state index >= 15 is 0 Å². The third-order valence-corrected chi connectivity index (χ3v) is 10.2. The Morgan fingerprint density at radius 2 is 2.09 bits per heavy atom. The molecule has 7 heteroatoms. The molecule has 0 saturated heterocycles. The van der Waals surface area contributed by atoms with Crippen molar-refractivity contribution >= 4 is 34.7 Å². The van der Waals surface area contributed by atoms with Gasteiger partial charge in [-0.3, -0.25) is 19.1 Å². The fourth-order valence-electron chi connectivity index (χ4n) is 6.09. The first kappa shape index (κ1) is 20.2. The zero-order chi connectivity index (χ0) is 21.8. The van der Waals surface area contributed by atoms with E-state index in [1.807, 2.05) is 61.4 Å². The van der Waals surface area contributed by atoms with Crippen LogP contribution in [0.15, 0.2) is 58.6 Å². The zero-order valence-corrected chi connectivity index (χ0v) is 19.5. The van der Waals surface area contributed by atoms with Gasteiger partial charge in [0.1, 0.15) is 6.54 Å². The molecule has 1 N–H and O–H groups in total. The van der Waals surface area contributed by atoms with Gasteiger partial charge in [-0.15, -0.1) is 11.8 Å². The van der Waals surface area contributed by atoms with E-state index in [1.165, 1.54) is 36.2 Å². The van der Waals surface area contributed by atoms with Crippen molar-refractivity contribution in [1.29, 1.82) is 0 Å². The van der Waals surface area contributed by atoms with E-state index in [4.69, 9.17) is 0 Å². The molecular formula is C25H25N3O2S2. The predicted octanol–water partition coefficient (Wildman–Crippen LogP) is 4.90. The van der Waals surface area contributed by atoms with Crippen LogP contribution < -0.4 is 10.2 Å². The summed E-state index contributed by atoms with van der Waals surface area (Å²) in [4.78, 5) is 31.4. The van der Waals surface area contributed by atoms with Crippen molar-refractivity contribution in [3.63, 3.8) is 0 Å². The second-order valence-corrected chi connectivity index (χ2v) is 11.5. The Bertz CT molecular complexity index is 1240. The van der Waals surface area contributed by atoms with Gasteiger partial charge in [0.25, 0.3) is 0 Å². The standard InChI is InChI=1S/C25H25N3O2S2/c1-14-4-2-6-18(10-14)27-19(29)13-28-24-23(32-25(28)30)21(17-5-3-9-26-12-17)20-15-7-8-16(11-15)22(20)31-24/h2-6,9-10,12,15-16,20-22H,7-8,11,13H2,1H3,(H,27,29)/t15-,16-,20-,21-,22+/m0/s1. The minimum atomic E-state index is -0.160. The molecule has 1 amide bonds. The van der Waals surface area contributed by atoms with Crippen LogP contribution in [0.1, 0.15) is 41.2 Å². The molecule has 2 bridgehead atoms. The van der Waals surface area contributed by atoms with E-state index in [-0.39, 0.29) is 23.2 Å². The van der Waals surface area contributed by atoms with Crippen molar-refractivity contribution in [3.05, 3.63) is 74.5 Å². The van der Waals surface area contributed by atoms with E-state index in [0.717, 1.165) is 27.1 Å².